The van der Waals surface area contributed by atoms with Gasteiger partial charge in [0.2, 0.25) is 0 Å². The minimum Gasteiger partial charge on any atom is -0.294 e. The third-order valence-corrected chi connectivity index (χ3v) is 3.09. The molecule has 0 heterocycles. The van der Waals surface area contributed by atoms with Crippen molar-refractivity contribution in [2.75, 3.05) is 0 Å². The second-order valence-corrected chi connectivity index (χ2v) is 4.58. The van der Waals surface area contributed by atoms with Crippen LogP contribution < -0.4 is 0 Å². The number of halogens is 1. The molecule has 0 N–H and O–H groups in total. The van der Waals surface area contributed by atoms with Crippen molar-refractivity contribution in [3.05, 3.63) is 34.9 Å². The second-order valence-electron chi connectivity index (χ2n) is 4.15. The van der Waals surface area contributed by atoms with E-state index in [0.717, 1.165) is 18.4 Å². The molecule has 0 aliphatic heterocycles. The van der Waals surface area contributed by atoms with Crippen LogP contribution in [-0.4, -0.2) is 5.78 Å². The molecule has 1 aromatic rings. The van der Waals surface area contributed by atoms with Crippen molar-refractivity contribution >= 4 is 17.4 Å². The largest absolute Gasteiger partial charge is 0.294 e. The van der Waals surface area contributed by atoms with Gasteiger partial charge in [-0.2, -0.15) is 0 Å². The molecule has 1 aliphatic rings. The fourth-order valence-electron chi connectivity index (χ4n) is 1.99. The Balaban J connectivity index is 2.12. The maximum atomic E-state index is 11.9. The molecular weight excluding hydrogens is 196 g/mol. The monoisotopic (exact) mass is 208 g/mol. The zero-order chi connectivity index (χ0) is 10.1. The molecule has 0 radical (unpaired) electrons. The summed E-state index contributed by atoms with van der Waals surface area (Å²) in [5, 5.41) is 0.642. The van der Waals surface area contributed by atoms with E-state index in [1.54, 1.807) is 12.1 Å². The van der Waals surface area contributed by atoms with Crippen LogP contribution in [0.25, 0.3) is 0 Å². The summed E-state index contributed by atoms with van der Waals surface area (Å²) in [6.07, 6.45) is 2.07. The van der Waals surface area contributed by atoms with E-state index >= 15 is 0 Å². The van der Waals surface area contributed by atoms with Gasteiger partial charge in [-0.1, -0.05) is 30.7 Å². The summed E-state index contributed by atoms with van der Waals surface area (Å²) in [4.78, 5) is 11.9. The van der Waals surface area contributed by atoms with Crippen LogP contribution in [0.3, 0.4) is 0 Å². The summed E-state index contributed by atoms with van der Waals surface area (Å²) in [5.41, 5.74) is 0.759. The van der Waals surface area contributed by atoms with Crippen molar-refractivity contribution in [1.82, 2.24) is 0 Å². The highest BCUT2D eigenvalue weighted by Crippen LogP contribution is 2.35. The molecule has 0 atom stereocenters. The van der Waals surface area contributed by atoms with Crippen molar-refractivity contribution in [2.24, 2.45) is 11.8 Å². The summed E-state index contributed by atoms with van der Waals surface area (Å²) in [6, 6.07) is 7.23. The Kier molecular flexibility index (Phi) is 2.60. The van der Waals surface area contributed by atoms with Crippen molar-refractivity contribution in [1.29, 1.82) is 0 Å². The van der Waals surface area contributed by atoms with Gasteiger partial charge >= 0.3 is 0 Å². The highest BCUT2D eigenvalue weighted by atomic mass is 35.5. The molecule has 0 bridgehead atoms. The number of benzene rings is 1. The highest BCUT2D eigenvalue weighted by Gasteiger charge is 2.31. The standard InChI is InChI=1S/C12H13ClO/c1-8-5-10(6-8)12(14)9-3-2-4-11(13)7-9/h2-4,7-8,10H,5-6H2,1H3. The molecule has 1 nitrogen and oxygen atoms in total. The zero-order valence-electron chi connectivity index (χ0n) is 8.16. The number of hydrogen-bond donors (Lipinski definition) is 0. The van der Waals surface area contributed by atoms with Gasteiger partial charge in [-0.25, -0.2) is 0 Å². The summed E-state index contributed by atoms with van der Waals surface area (Å²) in [6.45, 7) is 2.18. The fraction of sp³-hybridized carbons (Fsp3) is 0.417. The maximum absolute atomic E-state index is 11.9. The van der Waals surface area contributed by atoms with Crippen LogP contribution in [0.4, 0.5) is 0 Å². The topological polar surface area (TPSA) is 17.1 Å². The first-order chi connectivity index (χ1) is 6.66. The fourth-order valence-corrected chi connectivity index (χ4v) is 2.18. The molecule has 0 unspecified atom stereocenters. The quantitative estimate of drug-likeness (QED) is 0.680. The Labute approximate surface area is 89.1 Å². The van der Waals surface area contributed by atoms with Crippen LogP contribution in [-0.2, 0) is 0 Å². The van der Waals surface area contributed by atoms with E-state index in [4.69, 9.17) is 11.6 Å². The summed E-state index contributed by atoms with van der Waals surface area (Å²) < 4.78 is 0. The Bertz CT molecular complexity index is 353. The Morgan fingerprint density at radius 2 is 2.14 bits per heavy atom. The molecule has 0 saturated heterocycles. The SMILES string of the molecule is CC1CC(C(=O)c2cccc(Cl)c2)C1. The van der Waals surface area contributed by atoms with Crippen LogP contribution >= 0.6 is 11.6 Å². The number of hydrogen-bond acceptors (Lipinski definition) is 1. The first kappa shape index (κ1) is 9.72. The lowest BCUT2D eigenvalue weighted by atomic mass is 9.72. The summed E-state index contributed by atoms with van der Waals surface area (Å²) in [5.74, 6) is 1.21. The van der Waals surface area contributed by atoms with Gasteiger partial charge in [-0.05, 0) is 30.9 Å². The van der Waals surface area contributed by atoms with E-state index in [-0.39, 0.29) is 11.7 Å². The zero-order valence-corrected chi connectivity index (χ0v) is 8.92. The van der Waals surface area contributed by atoms with Gasteiger partial charge < -0.3 is 0 Å². The molecular formula is C12H13ClO. The highest BCUT2D eigenvalue weighted by molar-refractivity contribution is 6.31. The minimum atomic E-state index is 0.239. The lowest BCUT2D eigenvalue weighted by molar-refractivity contribution is 0.0792. The maximum Gasteiger partial charge on any atom is 0.166 e. The van der Waals surface area contributed by atoms with E-state index in [0.29, 0.717) is 10.9 Å². The lowest BCUT2D eigenvalue weighted by Gasteiger charge is -2.31. The Morgan fingerprint density at radius 3 is 2.71 bits per heavy atom. The van der Waals surface area contributed by atoms with Gasteiger partial charge in [0.05, 0.1) is 0 Å². The number of Topliss-reactive ketones (excluding diaryl/α,β-unsaturated/α-hetero) is 1. The number of ketones is 1. The van der Waals surface area contributed by atoms with Crippen molar-refractivity contribution < 1.29 is 4.79 Å². The molecule has 0 spiro atoms. The van der Waals surface area contributed by atoms with E-state index in [1.807, 2.05) is 12.1 Å². The molecule has 74 valence electrons. The predicted molar refractivity (Wildman–Crippen MR) is 57.7 cm³/mol. The molecule has 2 rings (SSSR count). The van der Waals surface area contributed by atoms with Crippen molar-refractivity contribution in [3.63, 3.8) is 0 Å². The first-order valence-electron chi connectivity index (χ1n) is 4.96. The minimum absolute atomic E-state index is 0.239. The Hall–Kier alpha value is -0.820. The lowest BCUT2D eigenvalue weighted by Crippen LogP contribution is -2.28. The number of rotatable bonds is 2. The first-order valence-corrected chi connectivity index (χ1v) is 5.34. The molecule has 14 heavy (non-hydrogen) atoms. The van der Waals surface area contributed by atoms with E-state index < -0.39 is 0 Å². The van der Waals surface area contributed by atoms with Crippen LogP contribution in [0.5, 0.6) is 0 Å². The molecule has 1 fully saturated rings. The average molecular weight is 209 g/mol. The van der Waals surface area contributed by atoms with Crippen LogP contribution in [0.1, 0.15) is 30.1 Å². The third kappa shape index (κ3) is 1.83. The molecule has 0 aromatic heterocycles. The average Bonchev–Trinajstić information content (AvgIpc) is 2.12. The van der Waals surface area contributed by atoms with Crippen LogP contribution in [0.15, 0.2) is 24.3 Å². The smallest absolute Gasteiger partial charge is 0.166 e. The molecule has 2 heteroatoms. The van der Waals surface area contributed by atoms with Crippen molar-refractivity contribution in [2.45, 2.75) is 19.8 Å². The summed E-state index contributed by atoms with van der Waals surface area (Å²) in [7, 11) is 0. The van der Waals surface area contributed by atoms with E-state index in [2.05, 4.69) is 6.92 Å². The normalized spacial score (nSPS) is 25.6. The van der Waals surface area contributed by atoms with Gasteiger partial charge in [0.1, 0.15) is 0 Å². The van der Waals surface area contributed by atoms with Crippen LogP contribution in [0.2, 0.25) is 5.02 Å². The number of carbonyl (C=O) groups excluding carboxylic acids is 1. The van der Waals surface area contributed by atoms with Crippen molar-refractivity contribution in [3.8, 4) is 0 Å². The van der Waals surface area contributed by atoms with Gasteiger partial charge in [-0.15, -0.1) is 0 Å². The molecule has 1 saturated carbocycles. The van der Waals surface area contributed by atoms with Crippen LogP contribution in [0, 0.1) is 11.8 Å². The van der Waals surface area contributed by atoms with Gasteiger partial charge in [0, 0.05) is 16.5 Å². The Morgan fingerprint density at radius 1 is 1.43 bits per heavy atom. The van der Waals surface area contributed by atoms with Gasteiger partial charge in [-0.3, -0.25) is 4.79 Å². The summed E-state index contributed by atoms with van der Waals surface area (Å²) >= 11 is 5.83. The predicted octanol–water partition coefficient (Wildman–Crippen LogP) is 3.57. The van der Waals surface area contributed by atoms with Gasteiger partial charge in [0.15, 0.2) is 5.78 Å². The van der Waals surface area contributed by atoms with Gasteiger partial charge in [0.25, 0.3) is 0 Å². The van der Waals surface area contributed by atoms with E-state index in [1.165, 1.54) is 0 Å². The third-order valence-electron chi connectivity index (χ3n) is 2.85. The second kappa shape index (κ2) is 3.74. The van der Waals surface area contributed by atoms with E-state index in [9.17, 15) is 4.79 Å². The molecule has 0 amide bonds. The number of carbonyl (C=O) groups is 1. The molecule has 1 aliphatic carbocycles. The molecule has 1 aromatic carbocycles.